The Kier molecular flexibility index (Phi) is 3.93. The average Bonchev–Trinajstić information content (AvgIpc) is 2.22. The summed E-state index contributed by atoms with van der Waals surface area (Å²) in [6.07, 6.45) is 0.596. The van der Waals surface area contributed by atoms with Gasteiger partial charge in [0.15, 0.2) is 0 Å². The molecule has 1 rings (SSSR count). The summed E-state index contributed by atoms with van der Waals surface area (Å²) in [6.45, 7) is 5.90. The summed E-state index contributed by atoms with van der Waals surface area (Å²) in [4.78, 5) is 12.9. The van der Waals surface area contributed by atoms with Crippen LogP contribution in [-0.2, 0) is 4.79 Å². The van der Waals surface area contributed by atoms with Crippen LogP contribution in [0.2, 0.25) is 0 Å². The van der Waals surface area contributed by atoms with Gasteiger partial charge in [0.05, 0.1) is 0 Å². The second-order valence-electron chi connectivity index (χ2n) is 4.16. The van der Waals surface area contributed by atoms with E-state index in [2.05, 4.69) is 0 Å². The Morgan fingerprint density at radius 1 is 1.44 bits per heavy atom. The molecule has 0 aliphatic carbocycles. The van der Waals surface area contributed by atoms with E-state index in [1.54, 1.807) is 0 Å². The van der Waals surface area contributed by atoms with Crippen LogP contribution < -0.4 is 4.90 Å². The molecule has 0 heterocycles. The Balaban J connectivity index is 3.07. The van der Waals surface area contributed by atoms with Crippen molar-refractivity contribution in [2.24, 2.45) is 0 Å². The maximum Gasteiger partial charge on any atom is 0.326 e. The summed E-state index contributed by atoms with van der Waals surface area (Å²) in [6, 6.07) is 5.63. The minimum atomic E-state index is -0.772. The van der Waals surface area contributed by atoms with E-state index in [1.807, 2.05) is 50.9 Å². The van der Waals surface area contributed by atoms with Crippen molar-refractivity contribution in [3.05, 3.63) is 29.3 Å². The van der Waals surface area contributed by atoms with Gasteiger partial charge in [0.1, 0.15) is 6.04 Å². The Hall–Kier alpha value is -1.51. The maximum absolute atomic E-state index is 11.1. The topological polar surface area (TPSA) is 40.5 Å². The number of carboxylic acids is 1. The molecule has 0 saturated carbocycles. The first kappa shape index (κ1) is 12.6. The van der Waals surface area contributed by atoms with Crippen molar-refractivity contribution in [1.29, 1.82) is 0 Å². The molecule has 3 heteroatoms. The summed E-state index contributed by atoms with van der Waals surface area (Å²) in [5, 5.41) is 9.12. The molecule has 16 heavy (non-hydrogen) atoms. The summed E-state index contributed by atoms with van der Waals surface area (Å²) in [5.74, 6) is -0.772. The van der Waals surface area contributed by atoms with Crippen LogP contribution in [0.4, 0.5) is 5.69 Å². The lowest BCUT2D eigenvalue weighted by molar-refractivity contribution is -0.138. The van der Waals surface area contributed by atoms with Crippen molar-refractivity contribution < 1.29 is 9.90 Å². The second-order valence-corrected chi connectivity index (χ2v) is 4.16. The summed E-state index contributed by atoms with van der Waals surface area (Å²) in [5.41, 5.74) is 3.25. The number of benzene rings is 1. The van der Waals surface area contributed by atoms with Crippen LogP contribution >= 0.6 is 0 Å². The fourth-order valence-electron chi connectivity index (χ4n) is 1.88. The number of aryl methyl sites for hydroxylation is 2. The molecule has 0 fully saturated rings. The summed E-state index contributed by atoms with van der Waals surface area (Å²) < 4.78 is 0. The van der Waals surface area contributed by atoms with Crippen LogP contribution in [0.5, 0.6) is 0 Å². The van der Waals surface area contributed by atoms with Gasteiger partial charge in [-0.05, 0) is 37.5 Å². The number of hydrogen-bond acceptors (Lipinski definition) is 2. The van der Waals surface area contributed by atoms with Gasteiger partial charge in [-0.15, -0.1) is 0 Å². The minimum absolute atomic E-state index is 0.458. The third kappa shape index (κ3) is 2.54. The minimum Gasteiger partial charge on any atom is -0.480 e. The smallest absolute Gasteiger partial charge is 0.326 e. The van der Waals surface area contributed by atoms with Crippen LogP contribution in [0.3, 0.4) is 0 Å². The van der Waals surface area contributed by atoms with E-state index in [0.717, 1.165) is 16.8 Å². The highest BCUT2D eigenvalue weighted by Crippen LogP contribution is 2.23. The predicted molar refractivity (Wildman–Crippen MR) is 66.0 cm³/mol. The molecular formula is C13H19NO2. The number of carbonyl (C=O) groups is 1. The van der Waals surface area contributed by atoms with E-state index in [-0.39, 0.29) is 0 Å². The molecular weight excluding hydrogens is 202 g/mol. The Labute approximate surface area is 96.7 Å². The van der Waals surface area contributed by atoms with Crippen LogP contribution in [-0.4, -0.2) is 24.2 Å². The summed E-state index contributed by atoms with van der Waals surface area (Å²) in [7, 11) is 1.84. The number of nitrogens with zero attached hydrogens (tertiary/aromatic N) is 1. The average molecular weight is 221 g/mol. The van der Waals surface area contributed by atoms with E-state index in [9.17, 15) is 4.79 Å². The number of likely N-dealkylation sites (N-methyl/N-ethyl adjacent to an activating group) is 1. The first-order valence-corrected chi connectivity index (χ1v) is 5.50. The fraction of sp³-hybridized carbons (Fsp3) is 0.462. The molecule has 0 aromatic heterocycles. The van der Waals surface area contributed by atoms with Crippen molar-refractivity contribution in [2.45, 2.75) is 33.2 Å². The normalized spacial score (nSPS) is 12.2. The van der Waals surface area contributed by atoms with Crippen molar-refractivity contribution >= 4 is 11.7 Å². The zero-order valence-corrected chi connectivity index (χ0v) is 10.3. The Morgan fingerprint density at radius 2 is 2.06 bits per heavy atom. The molecule has 0 bridgehead atoms. The number of aliphatic carboxylic acids is 1. The monoisotopic (exact) mass is 221 g/mol. The number of carboxylic acid groups (broad SMARTS) is 1. The molecule has 0 radical (unpaired) electrons. The van der Waals surface area contributed by atoms with Gasteiger partial charge in [-0.25, -0.2) is 4.79 Å². The van der Waals surface area contributed by atoms with Crippen LogP contribution in [0, 0.1) is 13.8 Å². The zero-order valence-electron chi connectivity index (χ0n) is 10.3. The summed E-state index contributed by atoms with van der Waals surface area (Å²) >= 11 is 0. The molecule has 1 N–H and O–H groups in total. The standard InChI is InChI=1S/C13H19NO2/c1-5-11(13(15)16)14(4)12-8-9(2)6-7-10(12)3/h6-8,11H,5H2,1-4H3,(H,15,16)/t11-/m0/s1. The largest absolute Gasteiger partial charge is 0.480 e. The predicted octanol–water partition coefficient (Wildman–Crippen LogP) is 2.60. The molecule has 0 spiro atoms. The molecule has 0 amide bonds. The number of rotatable bonds is 4. The maximum atomic E-state index is 11.1. The first-order chi connectivity index (χ1) is 7.47. The molecule has 1 atom stereocenters. The van der Waals surface area contributed by atoms with E-state index < -0.39 is 12.0 Å². The van der Waals surface area contributed by atoms with Gasteiger partial charge in [-0.1, -0.05) is 19.1 Å². The van der Waals surface area contributed by atoms with Gasteiger partial charge in [0.25, 0.3) is 0 Å². The van der Waals surface area contributed by atoms with Gasteiger partial charge in [-0.2, -0.15) is 0 Å². The van der Waals surface area contributed by atoms with Crippen LogP contribution in [0.15, 0.2) is 18.2 Å². The molecule has 1 aromatic carbocycles. The van der Waals surface area contributed by atoms with Crippen molar-refractivity contribution in [1.82, 2.24) is 0 Å². The zero-order chi connectivity index (χ0) is 12.3. The van der Waals surface area contributed by atoms with E-state index in [0.29, 0.717) is 6.42 Å². The molecule has 0 aliphatic rings. The highest BCUT2D eigenvalue weighted by Gasteiger charge is 2.21. The molecule has 0 saturated heterocycles. The van der Waals surface area contributed by atoms with Crippen LogP contribution in [0.1, 0.15) is 24.5 Å². The Morgan fingerprint density at radius 3 is 2.56 bits per heavy atom. The third-order valence-corrected chi connectivity index (χ3v) is 2.88. The quantitative estimate of drug-likeness (QED) is 0.849. The van der Waals surface area contributed by atoms with Crippen molar-refractivity contribution in [2.75, 3.05) is 11.9 Å². The SMILES string of the molecule is CC[C@@H](C(=O)O)N(C)c1cc(C)ccc1C. The van der Waals surface area contributed by atoms with E-state index in [1.165, 1.54) is 0 Å². The van der Waals surface area contributed by atoms with Gasteiger partial charge in [-0.3, -0.25) is 0 Å². The highest BCUT2D eigenvalue weighted by atomic mass is 16.4. The Bertz CT molecular complexity index is 388. The second kappa shape index (κ2) is 5.01. The lowest BCUT2D eigenvalue weighted by Crippen LogP contribution is -2.38. The van der Waals surface area contributed by atoms with Crippen LogP contribution in [0.25, 0.3) is 0 Å². The fourth-order valence-corrected chi connectivity index (χ4v) is 1.88. The lowest BCUT2D eigenvalue weighted by Gasteiger charge is -2.27. The number of anilines is 1. The molecule has 1 aromatic rings. The molecule has 0 aliphatic heterocycles. The molecule has 3 nitrogen and oxygen atoms in total. The van der Waals surface area contributed by atoms with Crippen molar-refractivity contribution in [3.63, 3.8) is 0 Å². The lowest BCUT2D eigenvalue weighted by atomic mass is 10.1. The van der Waals surface area contributed by atoms with Crippen molar-refractivity contribution in [3.8, 4) is 0 Å². The highest BCUT2D eigenvalue weighted by molar-refractivity contribution is 5.78. The van der Waals surface area contributed by atoms with E-state index >= 15 is 0 Å². The van der Waals surface area contributed by atoms with Gasteiger partial charge >= 0.3 is 5.97 Å². The number of hydrogen-bond donors (Lipinski definition) is 1. The van der Waals surface area contributed by atoms with Gasteiger partial charge < -0.3 is 10.0 Å². The van der Waals surface area contributed by atoms with Gasteiger partial charge in [0, 0.05) is 12.7 Å². The third-order valence-electron chi connectivity index (χ3n) is 2.88. The molecule has 88 valence electrons. The first-order valence-electron chi connectivity index (χ1n) is 5.50. The van der Waals surface area contributed by atoms with E-state index in [4.69, 9.17) is 5.11 Å². The molecule has 0 unspecified atom stereocenters. The van der Waals surface area contributed by atoms with Gasteiger partial charge in [0.2, 0.25) is 0 Å².